The van der Waals surface area contributed by atoms with E-state index in [1.165, 1.54) is 0 Å². The maximum Gasteiger partial charge on any atom is 0.270 e. The molecule has 1 aromatic carbocycles. The summed E-state index contributed by atoms with van der Waals surface area (Å²) in [5, 5.41) is 6.80. The fourth-order valence-corrected chi connectivity index (χ4v) is 2.53. The SMILES string of the molecule is CCCCCNc1nc(C)cc(C(=O)NCCc2ccc(Cl)cc2)n1. The Bertz CT molecular complexity index is 688. The summed E-state index contributed by atoms with van der Waals surface area (Å²) in [6, 6.07) is 9.32. The summed E-state index contributed by atoms with van der Waals surface area (Å²) in [5.41, 5.74) is 2.29. The first-order valence-corrected chi connectivity index (χ1v) is 9.08. The summed E-state index contributed by atoms with van der Waals surface area (Å²) in [4.78, 5) is 21.0. The van der Waals surface area contributed by atoms with Crippen molar-refractivity contribution in [2.45, 2.75) is 39.5 Å². The molecule has 2 N–H and O–H groups in total. The third-order valence-electron chi connectivity index (χ3n) is 3.76. The third kappa shape index (κ3) is 6.70. The highest BCUT2D eigenvalue weighted by Gasteiger charge is 2.10. The van der Waals surface area contributed by atoms with Gasteiger partial charge in [-0.3, -0.25) is 4.79 Å². The van der Waals surface area contributed by atoms with Crippen LogP contribution in [0, 0.1) is 6.92 Å². The third-order valence-corrected chi connectivity index (χ3v) is 4.01. The number of aryl methyl sites for hydroxylation is 1. The summed E-state index contributed by atoms with van der Waals surface area (Å²) in [7, 11) is 0. The van der Waals surface area contributed by atoms with Gasteiger partial charge in [0.2, 0.25) is 5.95 Å². The minimum absolute atomic E-state index is 0.184. The number of halogens is 1. The van der Waals surface area contributed by atoms with Gasteiger partial charge >= 0.3 is 0 Å². The van der Waals surface area contributed by atoms with Crippen molar-refractivity contribution >= 4 is 23.5 Å². The van der Waals surface area contributed by atoms with Crippen molar-refractivity contribution in [1.29, 1.82) is 0 Å². The smallest absolute Gasteiger partial charge is 0.270 e. The van der Waals surface area contributed by atoms with Crippen molar-refractivity contribution in [3.8, 4) is 0 Å². The maximum absolute atomic E-state index is 12.3. The maximum atomic E-state index is 12.3. The molecule has 0 spiro atoms. The monoisotopic (exact) mass is 360 g/mol. The molecule has 0 atom stereocenters. The summed E-state index contributed by atoms with van der Waals surface area (Å²) < 4.78 is 0. The number of anilines is 1. The summed E-state index contributed by atoms with van der Waals surface area (Å²) >= 11 is 5.87. The van der Waals surface area contributed by atoms with Gasteiger partial charge in [0, 0.05) is 23.8 Å². The zero-order valence-corrected chi connectivity index (χ0v) is 15.6. The first-order chi connectivity index (χ1) is 12.1. The Hall–Kier alpha value is -2.14. The molecule has 25 heavy (non-hydrogen) atoms. The van der Waals surface area contributed by atoms with Crippen LogP contribution in [0.25, 0.3) is 0 Å². The van der Waals surface area contributed by atoms with Gasteiger partial charge in [-0.25, -0.2) is 9.97 Å². The van der Waals surface area contributed by atoms with Crippen LogP contribution in [-0.4, -0.2) is 29.0 Å². The van der Waals surface area contributed by atoms with Crippen LogP contribution in [0.4, 0.5) is 5.95 Å². The number of unbranched alkanes of at least 4 members (excludes halogenated alkanes) is 2. The lowest BCUT2D eigenvalue weighted by molar-refractivity contribution is 0.0949. The van der Waals surface area contributed by atoms with Crippen LogP contribution in [0.15, 0.2) is 30.3 Å². The van der Waals surface area contributed by atoms with Gasteiger partial charge in [-0.1, -0.05) is 43.5 Å². The molecular formula is C19H25ClN4O. The number of nitrogens with one attached hydrogen (secondary N) is 2. The first-order valence-electron chi connectivity index (χ1n) is 8.70. The number of carbonyl (C=O) groups excluding carboxylic acids is 1. The topological polar surface area (TPSA) is 66.9 Å². The van der Waals surface area contributed by atoms with Crippen molar-refractivity contribution < 1.29 is 4.79 Å². The Morgan fingerprint density at radius 1 is 1.12 bits per heavy atom. The largest absolute Gasteiger partial charge is 0.354 e. The van der Waals surface area contributed by atoms with Gasteiger partial charge in [0.25, 0.3) is 5.91 Å². The van der Waals surface area contributed by atoms with Crippen LogP contribution in [0.1, 0.15) is 47.9 Å². The van der Waals surface area contributed by atoms with Crippen molar-refractivity contribution in [2.75, 3.05) is 18.4 Å². The first kappa shape index (κ1) is 19.2. The number of hydrogen-bond acceptors (Lipinski definition) is 4. The van der Waals surface area contributed by atoms with E-state index in [2.05, 4.69) is 27.5 Å². The molecule has 0 radical (unpaired) electrons. The van der Waals surface area contributed by atoms with Crippen LogP contribution in [0.2, 0.25) is 5.02 Å². The molecule has 1 heterocycles. The molecule has 1 aromatic heterocycles. The van der Waals surface area contributed by atoms with Crippen LogP contribution in [0.3, 0.4) is 0 Å². The second-order valence-electron chi connectivity index (χ2n) is 5.98. The molecule has 0 fully saturated rings. The number of amides is 1. The molecule has 2 rings (SSSR count). The average Bonchev–Trinajstić information content (AvgIpc) is 2.60. The molecule has 0 saturated heterocycles. The van der Waals surface area contributed by atoms with Gasteiger partial charge < -0.3 is 10.6 Å². The van der Waals surface area contributed by atoms with Gasteiger partial charge in [0.1, 0.15) is 5.69 Å². The van der Waals surface area contributed by atoms with Gasteiger partial charge in [-0.15, -0.1) is 0 Å². The van der Waals surface area contributed by atoms with E-state index in [0.29, 0.717) is 23.2 Å². The van der Waals surface area contributed by atoms with E-state index in [4.69, 9.17) is 11.6 Å². The van der Waals surface area contributed by atoms with E-state index in [1.54, 1.807) is 6.07 Å². The summed E-state index contributed by atoms with van der Waals surface area (Å²) in [6.07, 6.45) is 4.14. The zero-order chi connectivity index (χ0) is 18.1. The highest BCUT2D eigenvalue weighted by molar-refractivity contribution is 6.30. The molecule has 0 aliphatic heterocycles. The van der Waals surface area contributed by atoms with E-state index < -0.39 is 0 Å². The number of nitrogens with zero attached hydrogens (tertiary/aromatic N) is 2. The summed E-state index contributed by atoms with van der Waals surface area (Å²) in [6.45, 7) is 5.39. The van der Waals surface area contributed by atoms with E-state index in [9.17, 15) is 4.79 Å². The van der Waals surface area contributed by atoms with Gasteiger partial charge in [0.15, 0.2) is 0 Å². The lowest BCUT2D eigenvalue weighted by atomic mass is 10.1. The van der Waals surface area contributed by atoms with Crippen LogP contribution in [0.5, 0.6) is 0 Å². The van der Waals surface area contributed by atoms with Crippen LogP contribution >= 0.6 is 11.6 Å². The second-order valence-corrected chi connectivity index (χ2v) is 6.42. The molecular weight excluding hydrogens is 336 g/mol. The zero-order valence-electron chi connectivity index (χ0n) is 14.8. The highest BCUT2D eigenvalue weighted by Crippen LogP contribution is 2.10. The molecule has 0 aliphatic carbocycles. The number of hydrogen-bond donors (Lipinski definition) is 2. The lowest BCUT2D eigenvalue weighted by Crippen LogP contribution is -2.27. The number of rotatable bonds is 9. The fourth-order valence-electron chi connectivity index (χ4n) is 2.40. The molecule has 2 aromatic rings. The highest BCUT2D eigenvalue weighted by atomic mass is 35.5. The number of carbonyl (C=O) groups is 1. The van der Waals surface area contributed by atoms with E-state index in [1.807, 2.05) is 31.2 Å². The average molecular weight is 361 g/mol. The normalized spacial score (nSPS) is 10.5. The van der Waals surface area contributed by atoms with Crippen LogP contribution < -0.4 is 10.6 Å². The Balaban J connectivity index is 1.87. The van der Waals surface area contributed by atoms with E-state index in [-0.39, 0.29) is 5.91 Å². The second kappa shape index (κ2) is 9.99. The Morgan fingerprint density at radius 2 is 1.88 bits per heavy atom. The van der Waals surface area contributed by atoms with E-state index in [0.717, 1.165) is 43.5 Å². The molecule has 0 unspecified atom stereocenters. The minimum Gasteiger partial charge on any atom is -0.354 e. The quantitative estimate of drug-likeness (QED) is 0.663. The minimum atomic E-state index is -0.184. The molecule has 6 heteroatoms. The van der Waals surface area contributed by atoms with Crippen molar-refractivity contribution in [1.82, 2.24) is 15.3 Å². The van der Waals surface area contributed by atoms with Crippen LogP contribution in [-0.2, 0) is 6.42 Å². The molecule has 1 amide bonds. The molecule has 5 nitrogen and oxygen atoms in total. The Labute approximate surface area is 154 Å². The predicted octanol–water partition coefficient (Wildman–Crippen LogP) is 4.01. The molecule has 0 aliphatic rings. The van der Waals surface area contributed by atoms with Gasteiger partial charge in [0.05, 0.1) is 0 Å². The predicted molar refractivity (Wildman–Crippen MR) is 102 cm³/mol. The molecule has 134 valence electrons. The standard InChI is InChI=1S/C19H25ClN4O/c1-3-4-5-11-22-19-23-14(2)13-17(24-19)18(25)21-12-10-15-6-8-16(20)9-7-15/h6-9,13H,3-5,10-12H2,1-2H3,(H,21,25)(H,22,23,24). The Kier molecular flexibility index (Phi) is 7.67. The van der Waals surface area contributed by atoms with Crippen molar-refractivity contribution in [2.24, 2.45) is 0 Å². The number of benzene rings is 1. The fraction of sp³-hybridized carbons (Fsp3) is 0.421. The van der Waals surface area contributed by atoms with Crippen molar-refractivity contribution in [3.63, 3.8) is 0 Å². The lowest BCUT2D eigenvalue weighted by Gasteiger charge is -2.09. The van der Waals surface area contributed by atoms with E-state index >= 15 is 0 Å². The molecule has 0 bridgehead atoms. The molecule has 0 saturated carbocycles. The Morgan fingerprint density at radius 3 is 2.60 bits per heavy atom. The van der Waals surface area contributed by atoms with Gasteiger partial charge in [-0.05, 0) is 43.5 Å². The number of aromatic nitrogens is 2. The van der Waals surface area contributed by atoms with Gasteiger partial charge in [-0.2, -0.15) is 0 Å². The van der Waals surface area contributed by atoms with Crippen molar-refractivity contribution in [3.05, 3.63) is 52.3 Å². The summed E-state index contributed by atoms with van der Waals surface area (Å²) in [5.74, 6) is 0.329.